The van der Waals surface area contributed by atoms with Gasteiger partial charge in [-0.05, 0) is 25.0 Å². The van der Waals surface area contributed by atoms with E-state index < -0.39 is 17.4 Å². The molecule has 0 bridgehead atoms. The summed E-state index contributed by atoms with van der Waals surface area (Å²) in [5.41, 5.74) is -1.06. The molecule has 1 fully saturated rings. The lowest BCUT2D eigenvalue weighted by Gasteiger charge is -2.11. The van der Waals surface area contributed by atoms with Crippen LogP contribution in [0, 0.1) is 0 Å². The van der Waals surface area contributed by atoms with Crippen molar-refractivity contribution in [2.75, 3.05) is 0 Å². The van der Waals surface area contributed by atoms with E-state index >= 15 is 0 Å². The van der Waals surface area contributed by atoms with Gasteiger partial charge in [0.2, 0.25) is 0 Å². The molecule has 2 rings (SSSR count). The van der Waals surface area contributed by atoms with Crippen LogP contribution in [-0.4, -0.2) is 32.7 Å². The van der Waals surface area contributed by atoms with Gasteiger partial charge >= 0.3 is 5.97 Å². The van der Waals surface area contributed by atoms with Gasteiger partial charge in [-0.15, -0.1) is 10.2 Å². The van der Waals surface area contributed by atoms with E-state index in [-0.39, 0.29) is 10.8 Å². The van der Waals surface area contributed by atoms with Crippen LogP contribution in [0.25, 0.3) is 0 Å². The van der Waals surface area contributed by atoms with Crippen molar-refractivity contribution in [3.63, 3.8) is 0 Å². The van der Waals surface area contributed by atoms with Crippen LogP contribution in [0.4, 0.5) is 0 Å². The van der Waals surface area contributed by atoms with Crippen LogP contribution in [-0.2, 0) is 4.79 Å². The van der Waals surface area contributed by atoms with Crippen LogP contribution in [0.15, 0.2) is 12.1 Å². The Morgan fingerprint density at radius 3 is 2.50 bits per heavy atom. The van der Waals surface area contributed by atoms with E-state index in [4.69, 9.17) is 16.7 Å². The molecule has 6 nitrogen and oxygen atoms in total. The monoisotopic (exact) mass is 241 g/mol. The number of nitrogens with zero attached hydrogens (tertiary/aromatic N) is 2. The quantitative estimate of drug-likeness (QED) is 0.803. The number of hydrogen-bond donors (Lipinski definition) is 2. The maximum absolute atomic E-state index is 11.6. The number of carbonyl (C=O) groups excluding carboxylic acids is 1. The van der Waals surface area contributed by atoms with Crippen LogP contribution < -0.4 is 5.32 Å². The first-order valence-corrected chi connectivity index (χ1v) is 4.96. The zero-order valence-electron chi connectivity index (χ0n) is 8.11. The van der Waals surface area contributed by atoms with Gasteiger partial charge in [0.25, 0.3) is 5.91 Å². The summed E-state index contributed by atoms with van der Waals surface area (Å²) in [7, 11) is 0. The lowest BCUT2D eigenvalue weighted by atomic mass is 10.2. The van der Waals surface area contributed by atoms with E-state index in [1.165, 1.54) is 12.1 Å². The Hall–Kier alpha value is -1.69. The molecular weight excluding hydrogens is 234 g/mol. The fourth-order valence-electron chi connectivity index (χ4n) is 1.24. The molecule has 0 aromatic carbocycles. The summed E-state index contributed by atoms with van der Waals surface area (Å²) in [5, 5.41) is 18.5. The Morgan fingerprint density at radius 1 is 1.38 bits per heavy atom. The highest BCUT2D eigenvalue weighted by Gasteiger charge is 2.51. The summed E-state index contributed by atoms with van der Waals surface area (Å²) < 4.78 is 0. The molecular formula is C9H8ClN3O3. The van der Waals surface area contributed by atoms with E-state index in [2.05, 4.69) is 15.5 Å². The number of carboxylic acids is 1. The van der Waals surface area contributed by atoms with Crippen molar-refractivity contribution in [3.8, 4) is 0 Å². The number of amides is 1. The molecule has 1 aromatic heterocycles. The Morgan fingerprint density at radius 2 is 2.06 bits per heavy atom. The maximum atomic E-state index is 11.6. The van der Waals surface area contributed by atoms with Gasteiger partial charge in [0.15, 0.2) is 10.8 Å². The second-order valence-corrected chi connectivity index (χ2v) is 3.97. The highest BCUT2D eigenvalue weighted by molar-refractivity contribution is 6.29. The molecule has 84 valence electrons. The Kier molecular flexibility index (Phi) is 2.51. The average Bonchev–Trinajstić information content (AvgIpc) is 3.00. The molecule has 2 N–H and O–H groups in total. The zero-order valence-corrected chi connectivity index (χ0v) is 8.86. The van der Waals surface area contributed by atoms with E-state index in [9.17, 15) is 9.59 Å². The van der Waals surface area contributed by atoms with E-state index in [1.807, 2.05) is 0 Å². The Balaban J connectivity index is 2.09. The fourth-order valence-corrected chi connectivity index (χ4v) is 1.34. The van der Waals surface area contributed by atoms with Crippen molar-refractivity contribution in [1.29, 1.82) is 0 Å². The third-order valence-electron chi connectivity index (χ3n) is 2.38. The van der Waals surface area contributed by atoms with Gasteiger partial charge in [0, 0.05) is 0 Å². The van der Waals surface area contributed by atoms with Gasteiger partial charge < -0.3 is 10.4 Å². The van der Waals surface area contributed by atoms with E-state index in [0.717, 1.165) is 0 Å². The molecule has 1 aromatic rings. The molecule has 1 aliphatic carbocycles. The number of nitrogens with one attached hydrogen (secondary N) is 1. The number of aliphatic carboxylic acids is 1. The molecule has 7 heteroatoms. The second-order valence-electron chi connectivity index (χ2n) is 3.58. The maximum Gasteiger partial charge on any atom is 0.329 e. The topological polar surface area (TPSA) is 92.2 Å². The van der Waals surface area contributed by atoms with Crippen LogP contribution in [0.3, 0.4) is 0 Å². The van der Waals surface area contributed by atoms with Crippen LogP contribution in [0.1, 0.15) is 23.3 Å². The molecule has 1 heterocycles. The minimum absolute atomic E-state index is 0.0527. The zero-order chi connectivity index (χ0) is 11.8. The predicted molar refractivity (Wildman–Crippen MR) is 54.1 cm³/mol. The number of aromatic nitrogens is 2. The molecule has 1 amide bonds. The third-order valence-corrected chi connectivity index (χ3v) is 2.58. The summed E-state index contributed by atoms with van der Waals surface area (Å²) in [4.78, 5) is 22.4. The van der Waals surface area contributed by atoms with Crippen LogP contribution in [0.2, 0.25) is 5.15 Å². The number of rotatable bonds is 3. The van der Waals surface area contributed by atoms with Crippen molar-refractivity contribution in [3.05, 3.63) is 23.0 Å². The van der Waals surface area contributed by atoms with Crippen molar-refractivity contribution >= 4 is 23.5 Å². The molecule has 0 radical (unpaired) electrons. The second kappa shape index (κ2) is 3.71. The van der Waals surface area contributed by atoms with Gasteiger partial charge in [-0.2, -0.15) is 0 Å². The lowest BCUT2D eigenvalue weighted by molar-refractivity contribution is -0.140. The van der Waals surface area contributed by atoms with Gasteiger partial charge in [0.05, 0.1) is 0 Å². The lowest BCUT2D eigenvalue weighted by Crippen LogP contribution is -2.43. The highest BCUT2D eigenvalue weighted by atomic mass is 35.5. The third kappa shape index (κ3) is 1.96. The van der Waals surface area contributed by atoms with Gasteiger partial charge in [-0.1, -0.05) is 11.6 Å². The Bertz CT molecular complexity index is 442. The first-order valence-electron chi connectivity index (χ1n) is 4.59. The van der Waals surface area contributed by atoms with E-state index in [1.54, 1.807) is 0 Å². The predicted octanol–water partition coefficient (Wildman–Crippen LogP) is 0.477. The Labute approximate surface area is 95.6 Å². The highest BCUT2D eigenvalue weighted by Crippen LogP contribution is 2.35. The molecule has 1 aliphatic rings. The van der Waals surface area contributed by atoms with E-state index in [0.29, 0.717) is 12.8 Å². The number of hydrogen-bond acceptors (Lipinski definition) is 4. The van der Waals surface area contributed by atoms with Crippen LogP contribution >= 0.6 is 11.6 Å². The normalized spacial score (nSPS) is 16.6. The molecule has 0 saturated heterocycles. The molecule has 0 unspecified atom stereocenters. The largest absolute Gasteiger partial charge is 0.480 e. The first-order chi connectivity index (χ1) is 7.53. The molecule has 1 saturated carbocycles. The summed E-state index contributed by atoms with van der Waals surface area (Å²) in [5.74, 6) is -1.58. The van der Waals surface area contributed by atoms with Crippen LogP contribution in [0.5, 0.6) is 0 Å². The fraction of sp³-hybridized carbons (Fsp3) is 0.333. The SMILES string of the molecule is O=C(NC1(C(=O)O)CC1)c1ccc(Cl)nn1. The summed E-state index contributed by atoms with van der Waals surface area (Å²) in [6.07, 6.45) is 0.879. The number of carboxylic acid groups (broad SMARTS) is 1. The van der Waals surface area contributed by atoms with Gasteiger partial charge in [-0.3, -0.25) is 4.79 Å². The van der Waals surface area contributed by atoms with Crippen molar-refractivity contribution in [2.24, 2.45) is 0 Å². The van der Waals surface area contributed by atoms with Crippen molar-refractivity contribution in [1.82, 2.24) is 15.5 Å². The average molecular weight is 242 g/mol. The molecule has 16 heavy (non-hydrogen) atoms. The van der Waals surface area contributed by atoms with Gasteiger partial charge in [0.1, 0.15) is 5.54 Å². The molecule has 0 spiro atoms. The van der Waals surface area contributed by atoms with Crippen molar-refractivity contribution in [2.45, 2.75) is 18.4 Å². The minimum Gasteiger partial charge on any atom is -0.480 e. The molecule has 0 aliphatic heterocycles. The summed E-state index contributed by atoms with van der Waals surface area (Å²) >= 11 is 5.51. The standard InChI is InChI=1S/C9H8ClN3O3/c10-6-2-1-5(12-13-6)7(14)11-9(3-4-9)8(15)16/h1-2H,3-4H2,(H,11,14)(H,15,16). The van der Waals surface area contributed by atoms with Gasteiger partial charge in [-0.25, -0.2) is 4.79 Å². The van der Waals surface area contributed by atoms with Crippen molar-refractivity contribution < 1.29 is 14.7 Å². The number of carbonyl (C=O) groups is 2. The summed E-state index contributed by atoms with van der Waals surface area (Å²) in [6.45, 7) is 0. The number of halogens is 1. The smallest absolute Gasteiger partial charge is 0.329 e. The molecule has 0 atom stereocenters. The first kappa shape index (κ1) is 10.8. The minimum atomic E-state index is -1.11. The summed E-state index contributed by atoms with van der Waals surface area (Å²) in [6, 6.07) is 2.81.